The smallest absolute Gasteiger partial charge is 0.271 e. The lowest BCUT2D eigenvalue weighted by Crippen LogP contribution is -2.33. The van der Waals surface area contributed by atoms with Gasteiger partial charge in [-0.15, -0.1) is 5.10 Å². The fourth-order valence-corrected chi connectivity index (χ4v) is 4.24. The topological polar surface area (TPSA) is 39.8 Å². The van der Waals surface area contributed by atoms with Gasteiger partial charge in [-0.05, 0) is 35.6 Å². The molecule has 27 heavy (non-hydrogen) atoms. The molecule has 0 spiro atoms. The van der Waals surface area contributed by atoms with E-state index in [1.165, 1.54) is 4.68 Å². The normalized spacial score (nSPS) is 21.0. The SMILES string of the molecule is O=c1n(-c2ccc(C3CC(F)(F)C3)cc2)nc2n1[C@H](c1ccccc1)CC2. The number of nitrogens with zero attached hydrogens (tertiary/aromatic N) is 3. The minimum atomic E-state index is -2.53. The summed E-state index contributed by atoms with van der Waals surface area (Å²) in [6.07, 6.45) is 1.45. The van der Waals surface area contributed by atoms with E-state index in [0.717, 1.165) is 29.8 Å². The molecule has 2 heterocycles. The van der Waals surface area contributed by atoms with Gasteiger partial charge in [-0.25, -0.2) is 13.6 Å². The number of alkyl halides is 2. The highest BCUT2D eigenvalue weighted by molar-refractivity contribution is 5.36. The zero-order chi connectivity index (χ0) is 18.6. The molecule has 5 rings (SSSR count). The second kappa shape index (κ2) is 5.87. The van der Waals surface area contributed by atoms with Crippen molar-refractivity contribution in [3.8, 4) is 5.69 Å². The fourth-order valence-electron chi connectivity index (χ4n) is 4.24. The predicted octanol–water partition coefficient (Wildman–Crippen LogP) is 4.08. The van der Waals surface area contributed by atoms with Gasteiger partial charge < -0.3 is 0 Å². The van der Waals surface area contributed by atoms with Crippen molar-refractivity contribution in [1.82, 2.24) is 14.3 Å². The van der Waals surface area contributed by atoms with Crippen molar-refractivity contribution in [3.63, 3.8) is 0 Å². The molecule has 1 aliphatic carbocycles. The van der Waals surface area contributed by atoms with E-state index in [1.54, 1.807) is 16.7 Å². The van der Waals surface area contributed by atoms with Crippen LogP contribution >= 0.6 is 0 Å². The van der Waals surface area contributed by atoms with E-state index < -0.39 is 5.92 Å². The highest BCUT2D eigenvalue weighted by Crippen LogP contribution is 2.48. The van der Waals surface area contributed by atoms with Crippen molar-refractivity contribution >= 4 is 0 Å². The van der Waals surface area contributed by atoms with E-state index in [-0.39, 0.29) is 30.5 Å². The van der Waals surface area contributed by atoms with Crippen LogP contribution in [0.15, 0.2) is 59.4 Å². The Balaban J connectivity index is 1.45. The van der Waals surface area contributed by atoms with Gasteiger partial charge in [-0.2, -0.15) is 4.68 Å². The van der Waals surface area contributed by atoms with Gasteiger partial charge in [0.15, 0.2) is 0 Å². The lowest BCUT2D eigenvalue weighted by atomic mass is 9.77. The summed E-state index contributed by atoms with van der Waals surface area (Å²) in [7, 11) is 0. The van der Waals surface area contributed by atoms with Gasteiger partial charge in [0.1, 0.15) is 5.82 Å². The molecule has 1 aromatic heterocycles. The number of aromatic nitrogens is 3. The second-order valence-electron chi connectivity index (χ2n) is 7.50. The highest BCUT2D eigenvalue weighted by atomic mass is 19.3. The maximum atomic E-state index is 13.1. The lowest BCUT2D eigenvalue weighted by Gasteiger charge is -2.35. The standard InChI is InChI=1S/C21H19F2N3O/c22-21(23)12-16(13-21)14-6-8-17(9-7-14)26-20(27)25-18(10-11-19(25)24-26)15-4-2-1-3-5-15/h1-9,16,18H,10-13H2/t18-/m0/s1. The fraction of sp³-hybridized carbons (Fsp3) is 0.333. The number of rotatable bonds is 3. The molecule has 138 valence electrons. The zero-order valence-electron chi connectivity index (χ0n) is 14.7. The van der Waals surface area contributed by atoms with Gasteiger partial charge in [-0.1, -0.05) is 42.5 Å². The van der Waals surface area contributed by atoms with E-state index in [0.29, 0.717) is 5.69 Å². The molecule has 0 saturated heterocycles. The van der Waals surface area contributed by atoms with Crippen molar-refractivity contribution in [2.75, 3.05) is 0 Å². The van der Waals surface area contributed by atoms with Crippen molar-refractivity contribution in [1.29, 1.82) is 0 Å². The molecule has 0 radical (unpaired) electrons. The van der Waals surface area contributed by atoms with Crippen molar-refractivity contribution < 1.29 is 8.78 Å². The van der Waals surface area contributed by atoms with E-state index in [2.05, 4.69) is 5.10 Å². The Kier molecular flexibility index (Phi) is 3.57. The Morgan fingerprint density at radius 1 is 0.963 bits per heavy atom. The van der Waals surface area contributed by atoms with Crippen LogP contribution in [0, 0.1) is 0 Å². The summed E-state index contributed by atoms with van der Waals surface area (Å²) in [5.74, 6) is -1.84. The summed E-state index contributed by atoms with van der Waals surface area (Å²) in [5.41, 5.74) is 2.52. The van der Waals surface area contributed by atoms with Crippen LogP contribution in [0.25, 0.3) is 5.69 Å². The van der Waals surface area contributed by atoms with E-state index >= 15 is 0 Å². The van der Waals surface area contributed by atoms with Crippen molar-refractivity contribution in [2.24, 2.45) is 0 Å². The molecule has 1 aliphatic heterocycles. The van der Waals surface area contributed by atoms with Gasteiger partial charge in [0.2, 0.25) is 5.92 Å². The Labute approximate surface area is 155 Å². The lowest BCUT2D eigenvalue weighted by molar-refractivity contribution is -0.0867. The average Bonchev–Trinajstić information content (AvgIpc) is 3.21. The molecule has 1 fully saturated rings. The van der Waals surface area contributed by atoms with Crippen LogP contribution in [-0.2, 0) is 6.42 Å². The molecule has 4 nitrogen and oxygen atoms in total. The Bertz CT molecular complexity index is 1030. The number of benzene rings is 2. The summed E-state index contributed by atoms with van der Waals surface area (Å²) in [6, 6.07) is 17.3. The van der Waals surface area contributed by atoms with Gasteiger partial charge in [-0.3, -0.25) is 4.57 Å². The molecule has 0 bridgehead atoms. The average molecular weight is 367 g/mol. The van der Waals surface area contributed by atoms with Gasteiger partial charge in [0, 0.05) is 19.3 Å². The van der Waals surface area contributed by atoms with Gasteiger partial charge in [0.05, 0.1) is 11.7 Å². The number of aryl methyl sites for hydroxylation is 1. The number of hydrogen-bond donors (Lipinski definition) is 0. The van der Waals surface area contributed by atoms with Gasteiger partial charge in [0.25, 0.3) is 0 Å². The zero-order valence-corrected chi connectivity index (χ0v) is 14.7. The molecule has 1 saturated carbocycles. The third-order valence-electron chi connectivity index (χ3n) is 5.72. The summed E-state index contributed by atoms with van der Waals surface area (Å²) in [5, 5.41) is 4.52. The molecule has 6 heteroatoms. The van der Waals surface area contributed by atoms with Gasteiger partial charge >= 0.3 is 5.69 Å². The summed E-state index contributed by atoms with van der Waals surface area (Å²) >= 11 is 0. The van der Waals surface area contributed by atoms with Crippen molar-refractivity contribution in [2.45, 2.75) is 43.6 Å². The molecule has 0 N–H and O–H groups in total. The molecule has 0 unspecified atom stereocenters. The monoisotopic (exact) mass is 367 g/mol. The maximum absolute atomic E-state index is 13.1. The number of halogens is 2. The Morgan fingerprint density at radius 3 is 2.33 bits per heavy atom. The Hall–Kier alpha value is -2.76. The molecule has 1 atom stereocenters. The van der Waals surface area contributed by atoms with Crippen LogP contribution in [0.3, 0.4) is 0 Å². The third kappa shape index (κ3) is 2.71. The van der Waals surface area contributed by atoms with E-state index in [1.807, 2.05) is 42.5 Å². The summed E-state index contributed by atoms with van der Waals surface area (Å²) in [4.78, 5) is 13.0. The van der Waals surface area contributed by atoms with Crippen LogP contribution < -0.4 is 5.69 Å². The first-order valence-electron chi connectivity index (χ1n) is 9.25. The van der Waals surface area contributed by atoms with Crippen LogP contribution in [0.1, 0.15) is 48.2 Å². The molecule has 2 aromatic carbocycles. The second-order valence-corrected chi connectivity index (χ2v) is 7.50. The summed E-state index contributed by atoms with van der Waals surface area (Å²) in [6.45, 7) is 0. The number of fused-ring (bicyclic) bond motifs is 1. The molecule has 3 aromatic rings. The molecular weight excluding hydrogens is 348 g/mol. The minimum Gasteiger partial charge on any atom is -0.271 e. The third-order valence-corrected chi connectivity index (χ3v) is 5.72. The predicted molar refractivity (Wildman–Crippen MR) is 97.6 cm³/mol. The largest absolute Gasteiger partial charge is 0.351 e. The first-order chi connectivity index (χ1) is 13.0. The quantitative estimate of drug-likeness (QED) is 0.700. The summed E-state index contributed by atoms with van der Waals surface area (Å²) < 4.78 is 29.4. The van der Waals surface area contributed by atoms with Crippen LogP contribution in [0.2, 0.25) is 0 Å². The van der Waals surface area contributed by atoms with Crippen molar-refractivity contribution in [3.05, 3.63) is 82.0 Å². The first-order valence-corrected chi connectivity index (χ1v) is 9.25. The molecule has 0 amide bonds. The number of hydrogen-bond acceptors (Lipinski definition) is 2. The van der Waals surface area contributed by atoms with Crippen LogP contribution in [0.5, 0.6) is 0 Å². The van der Waals surface area contributed by atoms with Crippen LogP contribution in [0.4, 0.5) is 8.78 Å². The first kappa shape index (κ1) is 16.4. The minimum absolute atomic E-state index is 0.0129. The van der Waals surface area contributed by atoms with Crippen LogP contribution in [-0.4, -0.2) is 20.3 Å². The Morgan fingerprint density at radius 2 is 1.67 bits per heavy atom. The van der Waals surface area contributed by atoms with E-state index in [4.69, 9.17) is 0 Å². The maximum Gasteiger partial charge on any atom is 0.351 e. The van der Waals surface area contributed by atoms with E-state index in [9.17, 15) is 13.6 Å². The molecule has 2 aliphatic rings. The highest BCUT2D eigenvalue weighted by Gasteiger charge is 2.45. The molecular formula is C21H19F2N3O.